The normalized spacial score (nSPS) is 21.6. The van der Waals surface area contributed by atoms with Gasteiger partial charge in [-0.25, -0.2) is 0 Å². The van der Waals surface area contributed by atoms with E-state index in [1.54, 1.807) is 0 Å². The zero-order valence-electron chi connectivity index (χ0n) is 13.2. The average molecular weight is 301 g/mol. The highest BCUT2D eigenvalue weighted by atomic mass is 16.5. The van der Waals surface area contributed by atoms with E-state index in [9.17, 15) is 5.11 Å². The summed E-state index contributed by atoms with van der Waals surface area (Å²) in [5, 5.41) is 14.0. The minimum Gasteiger partial charge on any atom is -0.393 e. The molecule has 1 saturated carbocycles. The summed E-state index contributed by atoms with van der Waals surface area (Å²) in [4.78, 5) is 6.61. The average Bonchev–Trinajstić information content (AvgIpc) is 3.10. The Morgan fingerprint density at radius 1 is 1.27 bits per heavy atom. The summed E-state index contributed by atoms with van der Waals surface area (Å²) >= 11 is 0. The van der Waals surface area contributed by atoms with Crippen LogP contribution in [0.3, 0.4) is 0 Å². The molecule has 1 fully saturated rings. The summed E-state index contributed by atoms with van der Waals surface area (Å²) in [7, 11) is 2.03. The van der Waals surface area contributed by atoms with Crippen LogP contribution in [0.2, 0.25) is 0 Å². The van der Waals surface area contributed by atoms with E-state index in [1.165, 1.54) is 5.56 Å². The van der Waals surface area contributed by atoms with Crippen molar-refractivity contribution in [2.24, 2.45) is 5.92 Å². The number of aliphatic hydroxyl groups excluding tert-OH is 1. The number of aliphatic hydroxyl groups is 1. The van der Waals surface area contributed by atoms with Crippen molar-refractivity contribution in [1.82, 2.24) is 15.0 Å². The summed E-state index contributed by atoms with van der Waals surface area (Å²) in [5.74, 6) is 1.61. The van der Waals surface area contributed by atoms with Crippen molar-refractivity contribution in [3.05, 3.63) is 35.7 Å². The number of rotatable bonds is 5. The Kier molecular flexibility index (Phi) is 4.55. The van der Waals surface area contributed by atoms with Gasteiger partial charge in [-0.15, -0.1) is 0 Å². The third-order valence-corrected chi connectivity index (χ3v) is 4.35. The molecule has 1 aliphatic carbocycles. The monoisotopic (exact) mass is 301 g/mol. The second-order valence-corrected chi connectivity index (χ2v) is 6.33. The van der Waals surface area contributed by atoms with Crippen LogP contribution in [0.25, 0.3) is 11.4 Å². The van der Waals surface area contributed by atoms with E-state index in [4.69, 9.17) is 4.52 Å². The Balaban J connectivity index is 1.60. The summed E-state index contributed by atoms with van der Waals surface area (Å²) in [5.41, 5.74) is 2.18. The Morgan fingerprint density at radius 3 is 2.73 bits per heavy atom. The van der Waals surface area contributed by atoms with Crippen molar-refractivity contribution in [2.75, 3.05) is 13.6 Å². The largest absolute Gasteiger partial charge is 0.393 e. The molecular formula is C17H23N3O2. The lowest BCUT2D eigenvalue weighted by Gasteiger charge is -2.21. The molecule has 0 spiro atoms. The molecule has 22 heavy (non-hydrogen) atoms. The zero-order chi connectivity index (χ0) is 15.5. The lowest BCUT2D eigenvalue weighted by atomic mass is 10.1. The van der Waals surface area contributed by atoms with Crippen LogP contribution in [0.1, 0.15) is 30.7 Å². The third kappa shape index (κ3) is 3.54. The maximum atomic E-state index is 9.90. The maximum Gasteiger partial charge on any atom is 0.241 e. The van der Waals surface area contributed by atoms with Gasteiger partial charge < -0.3 is 9.63 Å². The highest BCUT2D eigenvalue weighted by molar-refractivity contribution is 5.54. The van der Waals surface area contributed by atoms with Crippen molar-refractivity contribution in [1.29, 1.82) is 0 Å². The molecule has 2 atom stereocenters. The topological polar surface area (TPSA) is 62.4 Å². The third-order valence-electron chi connectivity index (χ3n) is 4.35. The molecule has 0 bridgehead atoms. The van der Waals surface area contributed by atoms with Crippen molar-refractivity contribution >= 4 is 0 Å². The first kappa shape index (κ1) is 15.2. The van der Waals surface area contributed by atoms with E-state index in [2.05, 4.69) is 22.0 Å². The number of nitrogens with zero attached hydrogens (tertiary/aromatic N) is 3. The number of hydrogen-bond acceptors (Lipinski definition) is 5. The van der Waals surface area contributed by atoms with Crippen LogP contribution < -0.4 is 0 Å². The number of hydrogen-bond donors (Lipinski definition) is 1. The van der Waals surface area contributed by atoms with Crippen LogP contribution in [-0.2, 0) is 6.54 Å². The van der Waals surface area contributed by atoms with Gasteiger partial charge in [0.2, 0.25) is 11.7 Å². The fourth-order valence-electron chi connectivity index (χ4n) is 3.06. The molecule has 1 N–H and O–H groups in total. The molecular weight excluding hydrogens is 278 g/mol. The standard InChI is InChI=1S/C17H23N3O2/c1-12-6-8-13(9-7-12)17-18-16(22-19-17)11-20(2)10-14-4-3-5-15(14)21/h6-9,14-15,21H,3-5,10-11H2,1-2H3. The molecule has 3 rings (SSSR count). The summed E-state index contributed by atoms with van der Waals surface area (Å²) in [6.45, 7) is 3.53. The van der Waals surface area contributed by atoms with Gasteiger partial charge in [0, 0.05) is 12.1 Å². The molecule has 0 radical (unpaired) electrons. The molecule has 1 aromatic heterocycles. The second kappa shape index (κ2) is 6.58. The quantitative estimate of drug-likeness (QED) is 0.920. The van der Waals surface area contributed by atoms with Crippen LogP contribution in [-0.4, -0.2) is 39.8 Å². The molecule has 0 saturated heterocycles. The molecule has 1 heterocycles. The first-order valence-electron chi connectivity index (χ1n) is 7.88. The van der Waals surface area contributed by atoms with E-state index in [0.717, 1.165) is 31.4 Å². The molecule has 2 unspecified atom stereocenters. The van der Waals surface area contributed by atoms with E-state index < -0.39 is 0 Å². The van der Waals surface area contributed by atoms with Gasteiger partial charge in [0.1, 0.15) is 0 Å². The minimum absolute atomic E-state index is 0.159. The number of benzene rings is 1. The Bertz CT molecular complexity index is 609. The van der Waals surface area contributed by atoms with Gasteiger partial charge in [0.25, 0.3) is 0 Å². The van der Waals surface area contributed by atoms with Crippen LogP contribution in [0.5, 0.6) is 0 Å². The first-order chi connectivity index (χ1) is 10.6. The van der Waals surface area contributed by atoms with E-state index in [1.807, 2.05) is 31.3 Å². The van der Waals surface area contributed by atoms with E-state index >= 15 is 0 Å². The highest BCUT2D eigenvalue weighted by Gasteiger charge is 2.26. The summed E-state index contributed by atoms with van der Waals surface area (Å²) in [6, 6.07) is 8.09. The predicted octanol–water partition coefficient (Wildman–Crippen LogP) is 2.64. The number of aromatic nitrogens is 2. The summed E-state index contributed by atoms with van der Waals surface area (Å²) in [6.07, 6.45) is 2.99. The molecule has 5 nitrogen and oxygen atoms in total. The smallest absolute Gasteiger partial charge is 0.241 e. The van der Waals surface area contributed by atoms with Crippen molar-refractivity contribution < 1.29 is 9.63 Å². The molecule has 5 heteroatoms. The molecule has 0 amide bonds. The van der Waals surface area contributed by atoms with Crippen LogP contribution in [0.15, 0.2) is 28.8 Å². The van der Waals surface area contributed by atoms with Crippen molar-refractivity contribution in [2.45, 2.75) is 38.8 Å². The van der Waals surface area contributed by atoms with Gasteiger partial charge >= 0.3 is 0 Å². The van der Waals surface area contributed by atoms with Gasteiger partial charge in [-0.05, 0) is 32.7 Å². The van der Waals surface area contributed by atoms with Crippen molar-refractivity contribution in [3.8, 4) is 11.4 Å². The molecule has 1 aliphatic rings. The van der Waals surface area contributed by atoms with Crippen LogP contribution in [0.4, 0.5) is 0 Å². The Labute approximate surface area is 131 Å². The van der Waals surface area contributed by atoms with Gasteiger partial charge in [-0.3, -0.25) is 4.90 Å². The number of aryl methyl sites for hydroxylation is 1. The molecule has 0 aliphatic heterocycles. The predicted molar refractivity (Wildman–Crippen MR) is 84.2 cm³/mol. The van der Waals surface area contributed by atoms with Crippen LogP contribution >= 0.6 is 0 Å². The van der Waals surface area contributed by atoms with Gasteiger partial charge in [-0.2, -0.15) is 4.98 Å². The Morgan fingerprint density at radius 2 is 2.05 bits per heavy atom. The zero-order valence-corrected chi connectivity index (χ0v) is 13.2. The molecule has 118 valence electrons. The SMILES string of the molecule is Cc1ccc(-c2noc(CN(C)CC3CCCC3O)n2)cc1. The van der Waals surface area contributed by atoms with Gasteiger partial charge in [0.05, 0.1) is 12.6 Å². The first-order valence-corrected chi connectivity index (χ1v) is 7.88. The van der Waals surface area contributed by atoms with E-state index in [0.29, 0.717) is 24.2 Å². The Hall–Kier alpha value is -1.72. The van der Waals surface area contributed by atoms with Crippen molar-refractivity contribution in [3.63, 3.8) is 0 Å². The molecule has 2 aromatic rings. The lowest BCUT2D eigenvalue weighted by molar-refractivity contribution is 0.104. The fraction of sp³-hybridized carbons (Fsp3) is 0.529. The lowest BCUT2D eigenvalue weighted by Crippen LogP contribution is -2.29. The maximum absolute atomic E-state index is 9.90. The van der Waals surface area contributed by atoms with Gasteiger partial charge in [-0.1, -0.05) is 41.4 Å². The minimum atomic E-state index is -0.159. The summed E-state index contributed by atoms with van der Waals surface area (Å²) < 4.78 is 5.35. The fourth-order valence-corrected chi connectivity index (χ4v) is 3.06. The second-order valence-electron chi connectivity index (χ2n) is 6.33. The van der Waals surface area contributed by atoms with E-state index in [-0.39, 0.29) is 6.10 Å². The van der Waals surface area contributed by atoms with Crippen LogP contribution in [0, 0.1) is 12.8 Å². The van der Waals surface area contributed by atoms with Gasteiger partial charge in [0.15, 0.2) is 0 Å². The highest BCUT2D eigenvalue weighted by Crippen LogP contribution is 2.26. The molecule has 1 aromatic carbocycles.